The van der Waals surface area contributed by atoms with E-state index in [1.54, 1.807) is 6.33 Å². The first-order valence-electron chi connectivity index (χ1n) is 7.01. The van der Waals surface area contributed by atoms with Crippen LogP contribution in [0.1, 0.15) is 44.7 Å². The van der Waals surface area contributed by atoms with E-state index in [9.17, 15) is 5.11 Å². The van der Waals surface area contributed by atoms with Crippen LogP contribution in [0.5, 0.6) is 0 Å². The molecule has 0 spiro atoms. The van der Waals surface area contributed by atoms with E-state index in [1.807, 2.05) is 6.07 Å². The Balaban J connectivity index is 2.00. The van der Waals surface area contributed by atoms with Crippen LogP contribution in [0.25, 0.3) is 0 Å². The molecule has 0 saturated heterocycles. The molecular weight excluding hydrogens is 226 g/mol. The van der Waals surface area contributed by atoms with E-state index in [4.69, 9.17) is 0 Å². The number of aromatic nitrogens is 2. The summed E-state index contributed by atoms with van der Waals surface area (Å²) in [6.07, 6.45) is 8.42. The smallest absolute Gasteiger partial charge is 0.129 e. The van der Waals surface area contributed by atoms with E-state index in [2.05, 4.69) is 22.2 Å². The third-order valence-electron chi connectivity index (χ3n) is 3.71. The van der Waals surface area contributed by atoms with Crippen molar-refractivity contribution < 1.29 is 5.11 Å². The maximum atomic E-state index is 9.41. The zero-order chi connectivity index (χ0) is 12.8. The van der Waals surface area contributed by atoms with Crippen molar-refractivity contribution in [2.75, 3.05) is 11.9 Å². The van der Waals surface area contributed by atoms with E-state index < -0.39 is 0 Å². The van der Waals surface area contributed by atoms with Gasteiger partial charge >= 0.3 is 0 Å². The molecule has 1 saturated carbocycles. The summed E-state index contributed by atoms with van der Waals surface area (Å²) in [7, 11) is 0. The van der Waals surface area contributed by atoms with Crippen molar-refractivity contribution in [1.29, 1.82) is 0 Å². The maximum Gasteiger partial charge on any atom is 0.129 e. The normalized spacial score (nSPS) is 23.9. The van der Waals surface area contributed by atoms with E-state index >= 15 is 0 Å². The van der Waals surface area contributed by atoms with Crippen LogP contribution in [-0.2, 0) is 6.42 Å². The van der Waals surface area contributed by atoms with Crippen molar-refractivity contribution in [1.82, 2.24) is 9.97 Å². The minimum absolute atomic E-state index is 0.268. The summed E-state index contributed by atoms with van der Waals surface area (Å²) in [4.78, 5) is 8.54. The highest BCUT2D eigenvalue weighted by atomic mass is 16.3. The third kappa shape index (κ3) is 3.42. The van der Waals surface area contributed by atoms with E-state index in [-0.39, 0.29) is 6.61 Å². The standard InChI is InChI=1S/C14H23N3O/c1-2-5-12-8-14(16-10-15-12)17-13-7-4-3-6-11(13)9-18/h8,10-11,13,18H,2-7,9H2,1H3,(H,15,16,17). The molecule has 0 amide bonds. The number of rotatable bonds is 5. The summed E-state index contributed by atoms with van der Waals surface area (Å²) in [5.41, 5.74) is 1.09. The van der Waals surface area contributed by atoms with E-state index in [0.717, 1.165) is 37.2 Å². The highest BCUT2D eigenvalue weighted by Gasteiger charge is 2.24. The first kappa shape index (κ1) is 13.3. The summed E-state index contributed by atoms with van der Waals surface area (Å²) in [5, 5.41) is 12.9. The molecule has 2 N–H and O–H groups in total. The van der Waals surface area contributed by atoms with Crippen molar-refractivity contribution in [2.24, 2.45) is 5.92 Å². The van der Waals surface area contributed by atoms with Crippen LogP contribution < -0.4 is 5.32 Å². The molecule has 100 valence electrons. The highest BCUT2D eigenvalue weighted by molar-refractivity contribution is 5.36. The predicted molar refractivity (Wildman–Crippen MR) is 72.5 cm³/mol. The number of hydrogen-bond donors (Lipinski definition) is 2. The van der Waals surface area contributed by atoms with Gasteiger partial charge in [0.15, 0.2) is 0 Å². The van der Waals surface area contributed by atoms with Gasteiger partial charge in [-0.15, -0.1) is 0 Å². The first-order valence-corrected chi connectivity index (χ1v) is 7.01. The second-order valence-corrected chi connectivity index (χ2v) is 5.12. The second kappa shape index (κ2) is 6.69. The van der Waals surface area contributed by atoms with Crippen LogP contribution in [0.15, 0.2) is 12.4 Å². The lowest BCUT2D eigenvalue weighted by atomic mass is 9.85. The first-order chi connectivity index (χ1) is 8.83. The number of hydrogen-bond acceptors (Lipinski definition) is 4. The van der Waals surface area contributed by atoms with Crippen molar-refractivity contribution in [3.63, 3.8) is 0 Å². The third-order valence-corrected chi connectivity index (χ3v) is 3.71. The molecule has 1 aromatic rings. The van der Waals surface area contributed by atoms with Gasteiger partial charge in [-0.1, -0.05) is 26.2 Å². The molecule has 2 unspecified atom stereocenters. The van der Waals surface area contributed by atoms with E-state index in [1.165, 1.54) is 12.8 Å². The molecule has 1 fully saturated rings. The summed E-state index contributed by atoms with van der Waals surface area (Å²) in [6.45, 7) is 2.42. The molecule has 2 atom stereocenters. The van der Waals surface area contributed by atoms with Crippen LogP contribution in [0, 0.1) is 5.92 Å². The van der Waals surface area contributed by atoms with Crippen molar-refractivity contribution in [3.8, 4) is 0 Å². The highest BCUT2D eigenvalue weighted by Crippen LogP contribution is 2.26. The Morgan fingerprint density at radius 3 is 2.94 bits per heavy atom. The summed E-state index contributed by atoms with van der Waals surface area (Å²) >= 11 is 0. The fraction of sp³-hybridized carbons (Fsp3) is 0.714. The Morgan fingerprint density at radius 1 is 1.33 bits per heavy atom. The molecule has 1 aliphatic carbocycles. The number of anilines is 1. The van der Waals surface area contributed by atoms with Crippen molar-refractivity contribution >= 4 is 5.82 Å². The number of nitrogens with one attached hydrogen (secondary N) is 1. The van der Waals surface area contributed by atoms with Gasteiger partial charge in [-0.05, 0) is 19.3 Å². The van der Waals surface area contributed by atoms with Crippen LogP contribution in [-0.4, -0.2) is 27.7 Å². The van der Waals surface area contributed by atoms with Crippen LogP contribution in [0.4, 0.5) is 5.82 Å². The van der Waals surface area contributed by atoms with Gasteiger partial charge in [0.1, 0.15) is 12.1 Å². The second-order valence-electron chi connectivity index (χ2n) is 5.12. The lowest BCUT2D eigenvalue weighted by molar-refractivity contribution is 0.178. The lowest BCUT2D eigenvalue weighted by Crippen LogP contribution is -2.34. The maximum absolute atomic E-state index is 9.41. The SMILES string of the molecule is CCCc1cc(NC2CCCCC2CO)ncn1. The molecule has 18 heavy (non-hydrogen) atoms. The molecule has 2 rings (SSSR count). The summed E-state index contributed by atoms with van der Waals surface area (Å²) in [6, 6.07) is 2.39. The van der Waals surface area contributed by atoms with Gasteiger partial charge in [-0.25, -0.2) is 9.97 Å². The molecule has 4 nitrogen and oxygen atoms in total. The Bertz CT molecular complexity index is 370. The largest absolute Gasteiger partial charge is 0.396 e. The fourth-order valence-electron chi connectivity index (χ4n) is 2.68. The number of aliphatic hydroxyl groups is 1. The topological polar surface area (TPSA) is 58.0 Å². The molecule has 1 heterocycles. The Hall–Kier alpha value is -1.16. The zero-order valence-corrected chi connectivity index (χ0v) is 11.1. The number of aryl methyl sites for hydroxylation is 1. The lowest BCUT2D eigenvalue weighted by Gasteiger charge is -2.31. The van der Waals surface area contributed by atoms with Gasteiger partial charge in [0.05, 0.1) is 0 Å². The van der Waals surface area contributed by atoms with Gasteiger partial charge in [-0.2, -0.15) is 0 Å². The Kier molecular flexibility index (Phi) is 4.93. The van der Waals surface area contributed by atoms with Gasteiger partial charge in [0.2, 0.25) is 0 Å². The average Bonchev–Trinajstić information content (AvgIpc) is 2.40. The molecule has 0 aliphatic heterocycles. The van der Waals surface area contributed by atoms with Crippen molar-refractivity contribution in [3.05, 3.63) is 18.1 Å². The molecule has 0 aromatic carbocycles. The summed E-state index contributed by atoms with van der Waals surface area (Å²) < 4.78 is 0. The van der Waals surface area contributed by atoms with Crippen molar-refractivity contribution in [2.45, 2.75) is 51.5 Å². The molecular formula is C14H23N3O. The predicted octanol–water partition coefficient (Wildman–Crippen LogP) is 2.39. The van der Waals surface area contributed by atoms with Crippen LogP contribution in [0.2, 0.25) is 0 Å². The van der Waals surface area contributed by atoms with Gasteiger partial charge < -0.3 is 10.4 Å². The van der Waals surface area contributed by atoms with Gasteiger partial charge in [-0.3, -0.25) is 0 Å². The van der Waals surface area contributed by atoms with Gasteiger partial charge in [0, 0.05) is 30.3 Å². The molecule has 1 aromatic heterocycles. The monoisotopic (exact) mass is 249 g/mol. The minimum Gasteiger partial charge on any atom is -0.396 e. The number of aliphatic hydroxyl groups excluding tert-OH is 1. The number of nitrogens with zero attached hydrogens (tertiary/aromatic N) is 2. The Morgan fingerprint density at radius 2 is 2.17 bits per heavy atom. The quantitative estimate of drug-likeness (QED) is 0.841. The van der Waals surface area contributed by atoms with Crippen LogP contribution >= 0.6 is 0 Å². The fourth-order valence-corrected chi connectivity index (χ4v) is 2.68. The zero-order valence-electron chi connectivity index (χ0n) is 11.1. The minimum atomic E-state index is 0.268. The Labute approximate surface area is 109 Å². The van der Waals surface area contributed by atoms with E-state index in [0.29, 0.717) is 12.0 Å². The molecule has 0 radical (unpaired) electrons. The van der Waals surface area contributed by atoms with Gasteiger partial charge in [0.25, 0.3) is 0 Å². The average molecular weight is 249 g/mol. The molecule has 4 heteroatoms. The van der Waals surface area contributed by atoms with Crippen LogP contribution in [0.3, 0.4) is 0 Å². The molecule has 0 bridgehead atoms. The molecule has 1 aliphatic rings. The summed E-state index contributed by atoms with van der Waals surface area (Å²) in [5.74, 6) is 1.27.